The molecule has 0 aromatic heterocycles. The molecule has 1 aliphatic rings. The van der Waals surface area contributed by atoms with Crippen LogP contribution in [0.15, 0.2) is 0 Å². The van der Waals surface area contributed by atoms with Gasteiger partial charge in [0.15, 0.2) is 12.3 Å². The standard InChI is InChI=1S/C14H19FO9/c1-6(16)20-5-10-11(15)12(21-7(2)17)13(22-8(3)18)14(24-10)23-9(4)19/h10-14H,5H2,1-4H3/t10-,11-,12+,13-,14?/m1/s1. The van der Waals surface area contributed by atoms with Gasteiger partial charge in [0.2, 0.25) is 12.4 Å². The third kappa shape index (κ3) is 5.76. The van der Waals surface area contributed by atoms with Crippen LogP contribution in [0.3, 0.4) is 0 Å². The summed E-state index contributed by atoms with van der Waals surface area (Å²) in [6, 6.07) is 0. The summed E-state index contributed by atoms with van der Waals surface area (Å²) in [6.45, 7) is 3.77. The van der Waals surface area contributed by atoms with Gasteiger partial charge in [-0.2, -0.15) is 0 Å². The summed E-state index contributed by atoms with van der Waals surface area (Å²) < 4.78 is 39.1. The largest absolute Gasteiger partial charge is 0.463 e. The summed E-state index contributed by atoms with van der Waals surface area (Å²) in [4.78, 5) is 44.5. The molecular formula is C14H19FO9. The predicted molar refractivity (Wildman–Crippen MR) is 73.1 cm³/mol. The van der Waals surface area contributed by atoms with E-state index in [1.807, 2.05) is 0 Å². The van der Waals surface area contributed by atoms with E-state index in [1.54, 1.807) is 0 Å². The minimum absolute atomic E-state index is 0.501. The fourth-order valence-corrected chi connectivity index (χ4v) is 2.10. The molecule has 1 saturated heterocycles. The Morgan fingerprint density at radius 2 is 1.33 bits per heavy atom. The van der Waals surface area contributed by atoms with Crippen LogP contribution in [0.2, 0.25) is 0 Å². The highest BCUT2D eigenvalue weighted by Crippen LogP contribution is 2.29. The second-order valence-electron chi connectivity index (χ2n) is 5.05. The second kappa shape index (κ2) is 8.57. The van der Waals surface area contributed by atoms with Crippen molar-refractivity contribution in [2.45, 2.75) is 58.5 Å². The van der Waals surface area contributed by atoms with Crippen LogP contribution < -0.4 is 0 Å². The smallest absolute Gasteiger partial charge is 0.305 e. The van der Waals surface area contributed by atoms with Crippen LogP contribution in [0.25, 0.3) is 0 Å². The molecule has 1 rings (SSSR count). The summed E-state index contributed by atoms with van der Waals surface area (Å²) in [6.07, 6.45) is -7.98. The number of esters is 4. The lowest BCUT2D eigenvalue weighted by Crippen LogP contribution is -2.60. The molecule has 24 heavy (non-hydrogen) atoms. The highest BCUT2D eigenvalue weighted by molar-refractivity contribution is 5.68. The van der Waals surface area contributed by atoms with Crippen molar-refractivity contribution in [3.05, 3.63) is 0 Å². The predicted octanol–water partition coefficient (Wildman–Crippen LogP) is 0.0390. The average molecular weight is 350 g/mol. The monoisotopic (exact) mass is 350 g/mol. The van der Waals surface area contributed by atoms with E-state index in [1.165, 1.54) is 0 Å². The van der Waals surface area contributed by atoms with Crippen LogP contribution in [0.1, 0.15) is 27.7 Å². The number of ether oxygens (including phenoxy) is 5. The number of alkyl halides is 1. The Morgan fingerprint density at radius 3 is 1.79 bits per heavy atom. The third-order valence-electron chi connectivity index (χ3n) is 2.91. The first-order valence-corrected chi connectivity index (χ1v) is 7.06. The molecule has 0 saturated carbocycles. The number of carbonyl (C=O) groups is 4. The van der Waals surface area contributed by atoms with Crippen molar-refractivity contribution in [1.29, 1.82) is 0 Å². The van der Waals surface area contributed by atoms with Crippen LogP contribution in [-0.2, 0) is 42.9 Å². The fourth-order valence-electron chi connectivity index (χ4n) is 2.10. The lowest BCUT2D eigenvalue weighted by molar-refractivity contribution is -0.288. The van der Waals surface area contributed by atoms with E-state index >= 15 is 0 Å². The maximum atomic E-state index is 14.6. The Kier molecular flexibility index (Phi) is 7.08. The number of hydrogen-bond acceptors (Lipinski definition) is 9. The molecule has 0 radical (unpaired) electrons. The molecule has 0 N–H and O–H groups in total. The third-order valence-corrected chi connectivity index (χ3v) is 2.91. The number of halogens is 1. The summed E-state index contributed by atoms with van der Waals surface area (Å²) in [5.41, 5.74) is 0. The van der Waals surface area contributed by atoms with Gasteiger partial charge in [0.1, 0.15) is 12.7 Å². The molecule has 0 aliphatic carbocycles. The molecule has 0 aromatic carbocycles. The first kappa shape index (κ1) is 19.8. The molecule has 0 aromatic rings. The van der Waals surface area contributed by atoms with Gasteiger partial charge in [-0.1, -0.05) is 0 Å². The van der Waals surface area contributed by atoms with Gasteiger partial charge >= 0.3 is 23.9 Å². The summed E-state index contributed by atoms with van der Waals surface area (Å²) in [5, 5.41) is 0. The van der Waals surface area contributed by atoms with Crippen molar-refractivity contribution in [3.8, 4) is 0 Å². The van der Waals surface area contributed by atoms with Gasteiger partial charge < -0.3 is 23.7 Å². The summed E-state index contributed by atoms with van der Waals surface area (Å²) >= 11 is 0. The summed E-state index contributed by atoms with van der Waals surface area (Å²) in [5.74, 6) is -3.12. The molecule has 10 heteroatoms. The van der Waals surface area contributed by atoms with Crippen molar-refractivity contribution in [1.82, 2.24) is 0 Å². The molecule has 136 valence electrons. The minimum atomic E-state index is -1.98. The molecular weight excluding hydrogens is 331 g/mol. The van der Waals surface area contributed by atoms with Gasteiger partial charge in [-0.3, -0.25) is 19.2 Å². The SMILES string of the molecule is CC(=O)OC[C@H]1OC(OC(C)=O)[C@H](OC(C)=O)[C@@H](OC(C)=O)[C@@H]1F. The molecule has 0 bridgehead atoms. The first-order valence-electron chi connectivity index (χ1n) is 7.06. The zero-order valence-corrected chi connectivity index (χ0v) is 13.6. The van der Waals surface area contributed by atoms with Crippen LogP contribution in [0, 0.1) is 0 Å². The van der Waals surface area contributed by atoms with Gasteiger partial charge in [0, 0.05) is 27.7 Å². The molecule has 5 atom stereocenters. The quantitative estimate of drug-likeness (QED) is 0.500. The zero-order chi connectivity index (χ0) is 18.4. The molecule has 9 nitrogen and oxygen atoms in total. The van der Waals surface area contributed by atoms with Crippen LogP contribution in [0.4, 0.5) is 4.39 Å². The van der Waals surface area contributed by atoms with Crippen molar-refractivity contribution in [2.24, 2.45) is 0 Å². The number of rotatable bonds is 5. The second-order valence-corrected chi connectivity index (χ2v) is 5.05. The molecule has 0 amide bonds. The van der Waals surface area contributed by atoms with E-state index in [9.17, 15) is 23.6 Å². The Bertz CT molecular complexity index is 506. The van der Waals surface area contributed by atoms with E-state index in [4.69, 9.17) is 18.9 Å². The maximum Gasteiger partial charge on any atom is 0.305 e. The van der Waals surface area contributed by atoms with Crippen LogP contribution >= 0.6 is 0 Å². The highest BCUT2D eigenvalue weighted by Gasteiger charge is 2.52. The Hall–Kier alpha value is -2.23. The van der Waals surface area contributed by atoms with Crippen molar-refractivity contribution >= 4 is 23.9 Å². The van der Waals surface area contributed by atoms with E-state index in [0.717, 1.165) is 27.7 Å². The topological polar surface area (TPSA) is 114 Å². The first-order chi connectivity index (χ1) is 11.1. The van der Waals surface area contributed by atoms with Gasteiger partial charge in [-0.25, -0.2) is 4.39 Å². The molecule has 1 fully saturated rings. The van der Waals surface area contributed by atoms with Crippen molar-refractivity contribution < 1.29 is 47.3 Å². The molecule has 1 heterocycles. The number of hydrogen-bond donors (Lipinski definition) is 0. The lowest BCUT2D eigenvalue weighted by Gasteiger charge is -2.41. The van der Waals surface area contributed by atoms with Gasteiger partial charge in [0.25, 0.3) is 0 Å². The maximum absolute atomic E-state index is 14.6. The Balaban J connectivity index is 3.07. The zero-order valence-electron chi connectivity index (χ0n) is 13.6. The van der Waals surface area contributed by atoms with E-state index in [-0.39, 0.29) is 0 Å². The Labute approximate surface area is 137 Å². The van der Waals surface area contributed by atoms with E-state index in [0.29, 0.717) is 0 Å². The molecule has 1 unspecified atom stereocenters. The van der Waals surface area contributed by atoms with Crippen molar-refractivity contribution in [3.63, 3.8) is 0 Å². The van der Waals surface area contributed by atoms with Crippen molar-refractivity contribution in [2.75, 3.05) is 6.61 Å². The minimum Gasteiger partial charge on any atom is -0.463 e. The van der Waals surface area contributed by atoms with Gasteiger partial charge in [-0.05, 0) is 0 Å². The van der Waals surface area contributed by atoms with Crippen LogP contribution in [0.5, 0.6) is 0 Å². The average Bonchev–Trinajstić information content (AvgIpc) is 2.42. The van der Waals surface area contributed by atoms with Gasteiger partial charge in [-0.15, -0.1) is 0 Å². The number of carbonyl (C=O) groups excluding carboxylic acids is 4. The van der Waals surface area contributed by atoms with E-state index < -0.39 is 61.3 Å². The van der Waals surface area contributed by atoms with Crippen LogP contribution in [-0.4, -0.2) is 61.3 Å². The lowest BCUT2D eigenvalue weighted by atomic mass is 10.00. The molecule has 1 aliphatic heterocycles. The normalized spacial score (nSPS) is 29.3. The molecule has 0 spiro atoms. The Morgan fingerprint density at radius 1 is 0.833 bits per heavy atom. The fraction of sp³-hybridized carbons (Fsp3) is 0.714. The van der Waals surface area contributed by atoms with Gasteiger partial charge in [0.05, 0.1) is 0 Å². The highest BCUT2D eigenvalue weighted by atomic mass is 19.1. The summed E-state index contributed by atoms with van der Waals surface area (Å²) in [7, 11) is 0. The van der Waals surface area contributed by atoms with E-state index in [2.05, 4.69) is 4.74 Å².